The third-order valence-corrected chi connectivity index (χ3v) is 5.85. The number of nitrogens with zero attached hydrogens (tertiary/aromatic N) is 2. The van der Waals surface area contributed by atoms with Crippen molar-refractivity contribution in [2.45, 2.75) is 25.5 Å². The van der Waals surface area contributed by atoms with E-state index in [0.717, 1.165) is 28.9 Å². The van der Waals surface area contributed by atoms with Gasteiger partial charge >= 0.3 is 6.09 Å². The topological polar surface area (TPSA) is 107 Å². The summed E-state index contributed by atoms with van der Waals surface area (Å²) in [6.45, 7) is 2.99. The molecule has 1 saturated heterocycles. The molecule has 3 N–H and O–H groups in total. The molecule has 0 spiro atoms. The van der Waals surface area contributed by atoms with Crippen LogP contribution in [0.3, 0.4) is 0 Å². The molecule has 162 valence electrons. The Balaban J connectivity index is 1.25. The maximum atomic E-state index is 11.6. The van der Waals surface area contributed by atoms with Crippen molar-refractivity contribution in [3.8, 4) is 11.5 Å². The second-order valence-electron chi connectivity index (χ2n) is 7.99. The number of benzene rings is 2. The Morgan fingerprint density at radius 1 is 1.12 bits per heavy atom. The monoisotopic (exact) mass is 431 g/mol. The summed E-state index contributed by atoms with van der Waals surface area (Å²) in [5.41, 5.74) is 4.76. The van der Waals surface area contributed by atoms with Crippen LogP contribution in [-0.2, 0) is 11.2 Å². The number of amides is 1. The molecule has 3 aromatic rings. The Morgan fingerprint density at radius 2 is 2.03 bits per heavy atom. The fourth-order valence-electron chi connectivity index (χ4n) is 4.32. The number of anilines is 4. The Kier molecular flexibility index (Phi) is 4.27. The third kappa shape index (κ3) is 3.22. The molecule has 1 amide bonds. The smallest absolute Gasteiger partial charge is 0.408 e. The molecular formula is C23H21N5O4. The summed E-state index contributed by atoms with van der Waals surface area (Å²) in [5, 5.41) is 9.49. The van der Waals surface area contributed by atoms with Crippen LogP contribution < -0.4 is 25.4 Å². The average Bonchev–Trinajstić information content (AvgIpc) is 3.32. The van der Waals surface area contributed by atoms with Crippen molar-refractivity contribution < 1.29 is 19.0 Å². The van der Waals surface area contributed by atoms with Gasteiger partial charge in [-0.3, -0.25) is 0 Å². The van der Waals surface area contributed by atoms with E-state index in [2.05, 4.69) is 25.9 Å². The van der Waals surface area contributed by atoms with E-state index < -0.39 is 0 Å². The van der Waals surface area contributed by atoms with Crippen LogP contribution in [0, 0.1) is 6.92 Å². The molecule has 3 heterocycles. The first-order valence-corrected chi connectivity index (χ1v) is 10.5. The molecule has 1 fully saturated rings. The van der Waals surface area contributed by atoms with E-state index in [1.807, 2.05) is 43.3 Å². The van der Waals surface area contributed by atoms with E-state index in [-0.39, 0.29) is 18.2 Å². The zero-order valence-electron chi connectivity index (χ0n) is 17.3. The SMILES string of the molecule is Cc1cnc(Nc2ccc3c(c2)[C@@H]2NC(=O)OC2C3)nc1Nc1cccc2c1OCCO2. The number of carbonyl (C=O) groups is 1. The number of carbonyl (C=O) groups excluding carboxylic acids is 1. The number of alkyl carbamates (subject to hydrolysis) is 1. The summed E-state index contributed by atoms with van der Waals surface area (Å²) in [4.78, 5) is 20.6. The van der Waals surface area contributed by atoms with Gasteiger partial charge in [0.15, 0.2) is 11.5 Å². The molecule has 9 nitrogen and oxygen atoms in total. The molecule has 3 aliphatic rings. The van der Waals surface area contributed by atoms with Crippen LogP contribution in [0.4, 0.5) is 27.9 Å². The molecule has 9 heteroatoms. The molecular weight excluding hydrogens is 410 g/mol. The number of fused-ring (bicyclic) bond motifs is 4. The summed E-state index contributed by atoms with van der Waals surface area (Å²) in [7, 11) is 0. The lowest BCUT2D eigenvalue weighted by molar-refractivity contribution is 0.136. The molecule has 0 saturated carbocycles. The van der Waals surface area contributed by atoms with E-state index >= 15 is 0 Å². The second-order valence-corrected chi connectivity index (χ2v) is 7.99. The quantitative estimate of drug-likeness (QED) is 0.574. The number of para-hydroxylation sites is 1. The maximum Gasteiger partial charge on any atom is 0.408 e. The van der Waals surface area contributed by atoms with Gasteiger partial charge < -0.3 is 30.2 Å². The first-order chi connectivity index (χ1) is 15.6. The largest absolute Gasteiger partial charge is 0.486 e. The van der Waals surface area contributed by atoms with Gasteiger partial charge in [-0.05, 0) is 42.3 Å². The maximum absolute atomic E-state index is 11.6. The van der Waals surface area contributed by atoms with Crippen molar-refractivity contribution in [2.24, 2.45) is 0 Å². The van der Waals surface area contributed by atoms with Gasteiger partial charge in [0.2, 0.25) is 5.95 Å². The first kappa shape index (κ1) is 18.7. The van der Waals surface area contributed by atoms with Crippen LogP contribution in [0.5, 0.6) is 11.5 Å². The lowest BCUT2D eigenvalue weighted by Crippen LogP contribution is -2.18. The molecule has 2 atom stereocenters. The third-order valence-electron chi connectivity index (χ3n) is 5.85. The predicted molar refractivity (Wildman–Crippen MR) is 117 cm³/mol. The Labute approximate surface area is 184 Å². The van der Waals surface area contributed by atoms with E-state index in [0.29, 0.717) is 36.5 Å². The van der Waals surface area contributed by atoms with Gasteiger partial charge in [-0.25, -0.2) is 9.78 Å². The van der Waals surface area contributed by atoms with Crippen molar-refractivity contribution in [3.05, 3.63) is 59.3 Å². The molecule has 32 heavy (non-hydrogen) atoms. The van der Waals surface area contributed by atoms with Crippen molar-refractivity contribution in [3.63, 3.8) is 0 Å². The van der Waals surface area contributed by atoms with Crippen LogP contribution in [0.15, 0.2) is 42.6 Å². The molecule has 0 bridgehead atoms. The highest BCUT2D eigenvalue weighted by molar-refractivity contribution is 5.73. The number of ether oxygens (including phenoxy) is 3. The number of nitrogens with one attached hydrogen (secondary N) is 3. The zero-order valence-corrected chi connectivity index (χ0v) is 17.3. The van der Waals surface area contributed by atoms with Gasteiger partial charge in [0.05, 0.1) is 11.7 Å². The minimum atomic E-state index is -0.362. The molecule has 2 aromatic carbocycles. The summed E-state index contributed by atoms with van der Waals surface area (Å²) >= 11 is 0. The van der Waals surface area contributed by atoms with Gasteiger partial charge in [-0.2, -0.15) is 4.98 Å². The number of hydrogen-bond acceptors (Lipinski definition) is 8. The lowest BCUT2D eigenvalue weighted by atomic mass is 10.1. The van der Waals surface area contributed by atoms with Crippen molar-refractivity contribution in [2.75, 3.05) is 23.8 Å². The fraction of sp³-hybridized carbons (Fsp3) is 0.261. The molecule has 2 aliphatic heterocycles. The number of aromatic nitrogens is 2. The first-order valence-electron chi connectivity index (χ1n) is 10.5. The highest BCUT2D eigenvalue weighted by atomic mass is 16.6. The lowest BCUT2D eigenvalue weighted by Gasteiger charge is -2.21. The van der Waals surface area contributed by atoms with Crippen molar-refractivity contribution in [1.29, 1.82) is 0 Å². The van der Waals surface area contributed by atoms with Crippen LogP contribution >= 0.6 is 0 Å². The predicted octanol–water partition coefficient (Wildman–Crippen LogP) is 3.75. The molecule has 1 aliphatic carbocycles. The summed E-state index contributed by atoms with van der Waals surface area (Å²) in [6, 6.07) is 11.7. The summed E-state index contributed by atoms with van der Waals surface area (Å²) in [6.07, 6.45) is 1.99. The van der Waals surface area contributed by atoms with E-state index in [4.69, 9.17) is 14.2 Å². The Morgan fingerprint density at radius 3 is 2.97 bits per heavy atom. The van der Waals surface area contributed by atoms with Crippen LogP contribution in [0.2, 0.25) is 0 Å². The molecule has 6 rings (SSSR count). The molecule has 0 radical (unpaired) electrons. The van der Waals surface area contributed by atoms with E-state index in [1.165, 1.54) is 5.56 Å². The van der Waals surface area contributed by atoms with Gasteiger partial charge in [0.1, 0.15) is 25.1 Å². The highest BCUT2D eigenvalue weighted by Crippen LogP contribution is 2.40. The van der Waals surface area contributed by atoms with E-state index in [9.17, 15) is 4.79 Å². The summed E-state index contributed by atoms with van der Waals surface area (Å²) < 4.78 is 16.8. The zero-order chi connectivity index (χ0) is 21.7. The van der Waals surface area contributed by atoms with E-state index in [1.54, 1.807) is 6.20 Å². The summed E-state index contributed by atoms with van der Waals surface area (Å²) in [5.74, 6) is 2.52. The van der Waals surface area contributed by atoms with Crippen molar-refractivity contribution >= 4 is 29.2 Å². The second kappa shape index (κ2) is 7.30. The molecule has 1 aromatic heterocycles. The minimum Gasteiger partial charge on any atom is -0.486 e. The van der Waals surface area contributed by atoms with Crippen LogP contribution in [0.1, 0.15) is 22.7 Å². The van der Waals surface area contributed by atoms with Gasteiger partial charge in [-0.15, -0.1) is 0 Å². The van der Waals surface area contributed by atoms with Crippen molar-refractivity contribution in [1.82, 2.24) is 15.3 Å². The Bertz CT molecular complexity index is 1230. The van der Waals surface area contributed by atoms with Crippen LogP contribution in [0.25, 0.3) is 0 Å². The van der Waals surface area contributed by atoms with Crippen LogP contribution in [-0.4, -0.2) is 35.4 Å². The van der Waals surface area contributed by atoms with Gasteiger partial charge in [0.25, 0.3) is 0 Å². The normalized spacial score (nSPS) is 20.1. The minimum absolute atomic E-state index is 0.109. The highest BCUT2D eigenvalue weighted by Gasteiger charge is 2.41. The average molecular weight is 431 g/mol. The fourth-order valence-corrected chi connectivity index (χ4v) is 4.32. The van der Waals surface area contributed by atoms with Gasteiger partial charge in [-0.1, -0.05) is 12.1 Å². The standard InChI is InChI=1S/C23H21N5O4/c1-12-11-24-22(28-21(12)26-16-3-2-4-17-20(16)31-8-7-30-17)25-14-6-5-13-9-18-19(15(13)10-14)27-23(29)32-18/h2-6,10-11,18-19H,7-9H2,1H3,(H,27,29)(H2,24,25,26,28)/t18?,19-/m0/s1. The Hall–Kier alpha value is -4.01. The number of hydrogen-bond donors (Lipinski definition) is 3. The molecule has 1 unspecified atom stereocenters. The number of aryl methyl sites for hydroxylation is 1. The number of rotatable bonds is 4. The van der Waals surface area contributed by atoms with Gasteiger partial charge in [0, 0.05) is 23.9 Å².